The van der Waals surface area contributed by atoms with E-state index in [2.05, 4.69) is 25.5 Å². The molecular formula is C27H34N6O4S. The van der Waals surface area contributed by atoms with Crippen molar-refractivity contribution in [3.8, 4) is 0 Å². The minimum Gasteiger partial charge on any atom is -0.384 e. The number of sulfone groups is 1. The van der Waals surface area contributed by atoms with Crippen molar-refractivity contribution in [3.05, 3.63) is 54.5 Å². The lowest BCUT2D eigenvalue weighted by Crippen LogP contribution is -2.40. The number of aromatic nitrogens is 2. The van der Waals surface area contributed by atoms with E-state index in [1.165, 1.54) is 6.26 Å². The lowest BCUT2D eigenvalue weighted by molar-refractivity contribution is 0.122. The first-order valence-electron chi connectivity index (χ1n) is 13.0. The number of rotatable bonds is 7. The van der Waals surface area contributed by atoms with Crippen LogP contribution in [0.5, 0.6) is 0 Å². The van der Waals surface area contributed by atoms with Gasteiger partial charge in [-0.3, -0.25) is 0 Å². The predicted molar refractivity (Wildman–Crippen MR) is 150 cm³/mol. The van der Waals surface area contributed by atoms with Crippen LogP contribution in [0.25, 0.3) is 10.9 Å². The van der Waals surface area contributed by atoms with Crippen LogP contribution in [0.2, 0.25) is 0 Å². The maximum atomic E-state index is 12.9. The number of carbonyl (C=O) groups excluding carboxylic acids is 1. The molecule has 3 heterocycles. The number of urea groups is 1. The number of carbonyl (C=O) groups is 1. The summed E-state index contributed by atoms with van der Waals surface area (Å²) in [6, 6.07) is 13.8. The van der Waals surface area contributed by atoms with Crippen LogP contribution in [0, 0.1) is 0 Å². The van der Waals surface area contributed by atoms with Gasteiger partial charge in [-0.05, 0) is 55.3 Å². The van der Waals surface area contributed by atoms with Crippen molar-refractivity contribution in [2.75, 3.05) is 73.5 Å². The first-order chi connectivity index (χ1) is 18.4. The SMILES string of the molecule is CS(=O)(=O)CCNc1ccc2c(C3CCN(C(=O)Nc4ccc(N5CCOCC5)cc4)CC3)ncnc2c1. The third-order valence-electron chi connectivity index (χ3n) is 7.13. The first-order valence-corrected chi connectivity index (χ1v) is 15.1. The predicted octanol–water partition coefficient (Wildman–Crippen LogP) is 3.33. The van der Waals surface area contributed by atoms with Crippen LogP contribution in [0.15, 0.2) is 48.8 Å². The molecule has 1 aromatic heterocycles. The van der Waals surface area contributed by atoms with Crippen molar-refractivity contribution in [1.82, 2.24) is 14.9 Å². The van der Waals surface area contributed by atoms with Crippen LogP contribution in [0.4, 0.5) is 21.9 Å². The maximum absolute atomic E-state index is 12.9. The standard InChI is InChI=1S/C27H34N6O4S/c1-38(35,36)17-10-28-22-4-7-24-25(18-22)29-19-30-26(24)20-8-11-33(12-9-20)27(34)31-21-2-5-23(6-3-21)32-13-15-37-16-14-32/h2-7,18-20,28H,8-17H2,1H3,(H,31,34). The Morgan fingerprint density at radius 1 is 1.00 bits per heavy atom. The second-order valence-corrected chi connectivity index (χ2v) is 12.1. The van der Waals surface area contributed by atoms with Crippen molar-refractivity contribution >= 4 is 43.8 Å². The minimum absolute atomic E-state index is 0.0754. The zero-order valence-electron chi connectivity index (χ0n) is 21.6. The van der Waals surface area contributed by atoms with Gasteiger partial charge in [-0.2, -0.15) is 0 Å². The lowest BCUT2D eigenvalue weighted by Gasteiger charge is -2.32. The topological polar surface area (TPSA) is 117 Å². The molecule has 0 bridgehead atoms. The minimum atomic E-state index is -3.02. The van der Waals surface area contributed by atoms with Crippen molar-refractivity contribution in [1.29, 1.82) is 0 Å². The smallest absolute Gasteiger partial charge is 0.321 e. The Hall–Kier alpha value is -3.44. The molecule has 0 radical (unpaired) electrons. The third-order valence-corrected chi connectivity index (χ3v) is 8.08. The summed E-state index contributed by atoms with van der Waals surface area (Å²) < 4.78 is 28.2. The molecule has 38 heavy (non-hydrogen) atoms. The number of ether oxygens (including phenoxy) is 1. The van der Waals surface area contributed by atoms with Gasteiger partial charge in [0.15, 0.2) is 0 Å². The number of nitrogens with one attached hydrogen (secondary N) is 2. The molecule has 0 saturated carbocycles. The Labute approximate surface area is 223 Å². The van der Waals surface area contributed by atoms with Crippen LogP contribution >= 0.6 is 0 Å². The molecule has 5 rings (SSSR count). The summed E-state index contributed by atoms with van der Waals surface area (Å²) in [6.07, 6.45) is 4.46. The van der Waals surface area contributed by atoms with Gasteiger partial charge >= 0.3 is 6.03 Å². The molecular weight excluding hydrogens is 504 g/mol. The van der Waals surface area contributed by atoms with Crippen LogP contribution in [0.1, 0.15) is 24.5 Å². The van der Waals surface area contributed by atoms with E-state index >= 15 is 0 Å². The van der Waals surface area contributed by atoms with Crippen LogP contribution in [0.3, 0.4) is 0 Å². The molecule has 2 aromatic carbocycles. The summed E-state index contributed by atoms with van der Waals surface area (Å²) in [5.41, 5.74) is 4.57. The average Bonchev–Trinajstić information content (AvgIpc) is 2.93. The maximum Gasteiger partial charge on any atom is 0.321 e. The summed E-state index contributed by atoms with van der Waals surface area (Å²) in [5, 5.41) is 7.17. The molecule has 11 heteroatoms. The number of fused-ring (bicyclic) bond motifs is 1. The number of nitrogens with zero attached hydrogens (tertiary/aromatic N) is 4. The molecule has 0 spiro atoms. The Morgan fingerprint density at radius 3 is 2.42 bits per heavy atom. The van der Waals surface area contributed by atoms with Gasteiger partial charge in [0.25, 0.3) is 0 Å². The zero-order valence-corrected chi connectivity index (χ0v) is 22.4. The van der Waals surface area contributed by atoms with E-state index in [4.69, 9.17) is 4.74 Å². The Kier molecular flexibility index (Phi) is 7.94. The molecule has 2 aliphatic rings. The number of piperidine rings is 1. The molecule has 0 aliphatic carbocycles. The summed E-state index contributed by atoms with van der Waals surface area (Å²) in [4.78, 5) is 26.1. The van der Waals surface area contributed by atoms with Crippen LogP contribution < -0.4 is 15.5 Å². The quantitative estimate of drug-likeness (QED) is 0.471. The number of morpholine rings is 1. The fourth-order valence-corrected chi connectivity index (χ4v) is 5.50. The van der Waals surface area contributed by atoms with Crippen LogP contribution in [-0.2, 0) is 14.6 Å². The number of amides is 2. The Morgan fingerprint density at radius 2 is 1.71 bits per heavy atom. The lowest BCUT2D eigenvalue weighted by atomic mass is 9.91. The molecule has 2 fully saturated rings. The van der Waals surface area contributed by atoms with Gasteiger partial charge in [-0.15, -0.1) is 0 Å². The molecule has 2 N–H and O–H groups in total. The normalized spacial score (nSPS) is 17.0. The molecule has 202 valence electrons. The molecule has 2 saturated heterocycles. The van der Waals surface area contributed by atoms with Crippen molar-refractivity contribution in [2.45, 2.75) is 18.8 Å². The fraction of sp³-hybridized carbons (Fsp3) is 0.444. The highest BCUT2D eigenvalue weighted by Crippen LogP contribution is 2.32. The second-order valence-electron chi connectivity index (χ2n) is 9.89. The fourth-order valence-electron chi connectivity index (χ4n) is 5.03. The van der Waals surface area contributed by atoms with E-state index in [1.807, 2.05) is 47.4 Å². The number of likely N-dealkylation sites (tertiary alicyclic amines) is 1. The van der Waals surface area contributed by atoms with E-state index in [-0.39, 0.29) is 17.7 Å². The third kappa shape index (κ3) is 6.51. The summed E-state index contributed by atoms with van der Waals surface area (Å²) in [6.45, 7) is 4.89. The number of anilines is 3. The van der Waals surface area contributed by atoms with E-state index in [0.717, 1.165) is 72.8 Å². The van der Waals surface area contributed by atoms with Gasteiger partial charge in [0.05, 0.1) is 30.2 Å². The second kappa shape index (κ2) is 11.5. The number of hydrogen-bond donors (Lipinski definition) is 2. The zero-order chi connectivity index (χ0) is 26.5. The highest BCUT2D eigenvalue weighted by molar-refractivity contribution is 7.90. The Balaban J connectivity index is 1.16. The summed E-state index contributed by atoms with van der Waals surface area (Å²) >= 11 is 0. The summed E-state index contributed by atoms with van der Waals surface area (Å²) in [5.74, 6) is 0.313. The highest BCUT2D eigenvalue weighted by atomic mass is 32.2. The van der Waals surface area contributed by atoms with Gasteiger partial charge < -0.3 is 25.2 Å². The highest BCUT2D eigenvalue weighted by Gasteiger charge is 2.26. The molecule has 3 aromatic rings. The van der Waals surface area contributed by atoms with Gasteiger partial charge in [0.1, 0.15) is 16.2 Å². The van der Waals surface area contributed by atoms with Gasteiger partial charge in [0, 0.05) is 67.3 Å². The summed E-state index contributed by atoms with van der Waals surface area (Å²) in [7, 11) is -3.02. The number of benzene rings is 2. The molecule has 0 unspecified atom stereocenters. The number of hydrogen-bond acceptors (Lipinski definition) is 8. The van der Waals surface area contributed by atoms with Gasteiger partial charge in [-0.1, -0.05) is 0 Å². The largest absolute Gasteiger partial charge is 0.384 e. The van der Waals surface area contributed by atoms with E-state index in [0.29, 0.717) is 19.6 Å². The average molecular weight is 539 g/mol. The molecule has 10 nitrogen and oxygen atoms in total. The van der Waals surface area contributed by atoms with E-state index in [1.54, 1.807) is 6.33 Å². The van der Waals surface area contributed by atoms with E-state index in [9.17, 15) is 13.2 Å². The molecule has 2 aliphatic heterocycles. The molecule has 2 amide bonds. The monoisotopic (exact) mass is 538 g/mol. The Bertz CT molecular complexity index is 1370. The van der Waals surface area contributed by atoms with Crippen molar-refractivity contribution in [2.24, 2.45) is 0 Å². The molecule has 0 atom stereocenters. The van der Waals surface area contributed by atoms with Crippen molar-refractivity contribution < 1.29 is 17.9 Å². The van der Waals surface area contributed by atoms with Crippen LogP contribution in [-0.4, -0.2) is 87.3 Å². The van der Waals surface area contributed by atoms with E-state index < -0.39 is 9.84 Å². The van der Waals surface area contributed by atoms with Gasteiger partial charge in [-0.25, -0.2) is 23.2 Å². The first kappa shape index (κ1) is 26.2. The van der Waals surface area contributed by atoms with Crippen molar-refractivity contribution in [3.63, 3.8) is 0 Å². The van der Waals surface area contributed by atoms with Gasteiger partial charge in [0.2, 0.25) is 0 Å².